The maximum absolute atomic E-state index is 13.4. The number of hydrogen-bond donors (Lipinski definition) is 0. The molecule has 6 nitrogen and oxygen atoms in total. The zero-order chi connectivity index (χ0) is 23.4. The molecule has 2 heterocycles. The standard InChI is InChI=1S/C27H32N4O2/c1-20(2)15-31-19-28-14-22(31)16-30-17-25(26(18-30)27(32)29(3)12-13-33-4)24-11-7-9-21-8-5-6-10-23(21)24/h5-11,14,17-20H,12-13,15-16H2,1-4H3. The summed E-state index contributed by atoms with van der Waals surface area (Å²) in [5.41, 5.74) is 3.82. The van der Waals surface area contributed by atoms with E-state index in [1.807, 2.05) is 37.9 Å². The van der Waals surface area contributed by atoms with Crippen LogP contribution in [-0.2, 0) is 17.8 Å². The molecule has 0 radical (unpaired) electrons. The molecule has 0 atom stereocenters. The molecule has 0 spiro atoms. The Bertz CT molecular complexity index is 1230. The van der Waals surface area contributed by atoms with Crippen molar-refractivity contribution in [3.63, 3.8) is 0 Å². The van der Waals surface area contributed by atoms with Crippen molar-refractivity contribution in [2.24, 2.45) is 5.92 Å². The van der Waals surface area contributed by atoms with Gasteiger partial charge in [0, 0.05) is 51.4 Å². The second kappa shape index (κ2) is 10.0. The number of fused-ring (bicyclic) bond motifs is 1. The van der Waals surface area contributed by atoms with Crippen LogP contribution in [0.5, 0.6) is 0 Å². The van der Waals surface area contributed by atoms with Crippen molar-refractivity contribution in [2.75, 3.05) is 27.3 Å². The lowest BCUT2D eigenvalue weighted by Gasteiger charge is -2.17. The molecule has 172 valence electrons. The van der Waals surface area contributed by atoms with Gasteiger partial charge in [0.2, 0.25) is 0 Å². The van der Waals surface area contributed by atoms with Crippen LogP contribution >= 0.6 is 0 Å². The Morgan fingerprint density at radius 3 is 2.67 bits per heavy atom. The van der Waals surface area contributed by atoms with E-state index < -0.39 is 0 Å². The molecule has 0 aliphatic carbocycles. The molecule has 0 saturated carbocycles. The van der Waals surface area contributed by atoms with E-state index in [2.05, 4.69) is 64.5 Å². The molecule has 2 aromatic heterocycles. The summed E-state index contributed by atoms with van der Waals surface area (Å²) >= 11 is 0. The minimum atomic E-state index is -0.00979. The van der Waals surface area contributed by atoms with Gasteiger partial charge in [0.25, 0.3) is 5.91 Å². The van der Waals surface area contributed by atoms with E-state index in [0.29, 0.717) is 31.2 Å². The fraction of sp³-hybridized carbons (Fsp3) is 0.333. The lowest BCUT2D eigenvalue weighted by molar-refractivity contribution is 0.0745. The summed E-state index contributed by atoms with van der Waals surface area (Å²) < 4.78 is 9.47. The smallest absolute Gasteiger partial charge is 0.255 e. The van der Waals surface area contributed by atoms with Crippen LogP contribution in [0.3, 0.4) is 0 Å². The van der Waals surface area contributed by atoms with Gasteiger partial charge in [-0.3, -0.25) is 4.79 Å². The fourth-order valence-corrected chi connectivity index (χ4v) is 4.20. The highest BCUT2D eigenvalue weighted by atomic mass is 16.5. The quantitative estimate of drug-likeness (QED) is 0.368. The Labute approximate surface area is 195 Å². The molecule has 0 saturated heterocycles. The van der Waals surface area contributed by atoms with Crippen LogP contribution in [0.2, 0.25) is 0 Å². The second-order valence-electron chi connectivity index (χ2n) is 8.94. The van der Waals surface area contributed by atoms with Crippen molar-refractivity contribution in [3.8, 4) is 11.1 Å². The number of aromatic nitrogens is 3. The van der Waals surface area contributed by atoms with Gasteiger partial charge in [-0.1, -0.05) is 56.3 Å². The number of likely N-dealkylation sites (N-methyl/N-ethyl adjacent to an activating group) is 1. The van der Waals surface area contributed by atoms with Crippen LogP contribution < -0.4 is 0 Å². The van der Waals surface area contributed by atoms with E-state index in [1.54, 1.807) is 12.0 Å². The molecule has 0 aliphatic rings. The summed E-state index contributed by atoms with van der Waals surface area (Å²) in [5, 5.41) is 2.29. The number of benzene rings is 2. The first-order valence-electron chi connectivity index (χ1n) is 11.4. The SMILES string of the molecule is COCCN(C)C(=O)c1cn(Cc2cncn2CC(C)C)cc1-c1cccc2ccccc12. The molecule has 4 rings (SSSR count). The largest absolute Gasteiger partial charge is 0.383 e. The molecular formula is C27H32N4O2. The van der Waals surface area contributed by atoms with Crippen LogP contribution in [0, 0.1) is 5.92 Å². The highest BCUT2D eigenvalue weighted by molar-refractivity contribution is 6.05. The summed E-state index contributed by atoms with van der Waals surface area (Å²) in [6.07, 6.45) is 7.85. The van der Waals surface area contributed by atoms with Crippen molar-refractivity contribution in [2.45, 2.75) is 26.9 Å². The van der Waals surface area contributed by atoms with Crippen LogP contribution in [0.15, 0.2) is 67.4 Å². The van der Waals surface area contributed by atoms with E-state index >= 15 is 0 Å². The minimum Gasteiger partial charge on any atom is -0.383 e. The van der Waals surface area contributed by atoms with Crippen LogP contribution in [0.4, 0.5) is 0 Å². The molecule has 33 heavy (non-hydrogen) atoms. The highest BCUT2D eigenvalue weighted by Gasteiger charge is 2.21. The number of nitrogens with zero attached hydrogens (tertiary/aromatic N) is 4. The number of hydrogen-bond acceptors (Lipinski definition) is 3. The summed E-state index contributed by atoms with van der Waals surface area (Å²) in [5.74, 6) is 0.518. The molecule has 0 unspecified atom stereocenters. The van der Waals surface area contributed by atoms with Crippen molar-refractivity contribution in [1.29, 1.82) is 0 Å². The summed E-state index contributed by atoms with van der Waals surface area (Å²) in [7, 11) is 3.47. The minimum absolute atomic E-state index is 0.00979. The molecule has 2 aromatic carbocycles. The summed E-state index contributed by atoms with van der Waals surface area (Å²) in [4.78, 5) is 19.5. The van der Waals surface area contributed by atoms with Gasteiger partial charge in [-0.2, -0.15) is 0 Å². The molecule has 0 bridgehead atoms. The maximum atomic E-state index is 13.4. The molecule has 1 amide bonds. The first-order valence-corrected chi connectivity index (χ1v) is 11.4. The van der Waals surface area contributed by atoms with Gasteiger partial charge >= 0.3 is 0 Å². The van der Waals surface area contributed by atoms with Crippen LogP contribution in [-0.4, -0.2) is 52.2 Å². The Balaban J connectivity index is 1.77. The Hall–Kier alpha value is -3.38. The van der Waals surface area contributed by atoms with Crippen molar-refractivity contribution in [1.82, 2.24) is 19.0 Å². The number of carbonyl (C=O) groups excluding carboxylic acids is 1. The number of imidazole rings is 1. The summed E-state index contributed by atoms with van der Waals surface area (Å²) in [6.45, 7) is 7.00. The first-order chi connectivity index (χ1) is 16.0. The van der Waals surface area contributed by atoms with E-state index in [9.17, 15) is 4.79 Å². The van der Waals surface area contributed by atoms with Gasteiger partial charge < -0.3 is 18.8 Å². The average molecular weight is 445 g/mol. The second-order valence-corrected chi connectivity index (χ2v) is 8.94. The summed E-state index contributed by atoms with van der Waals surface area (Å²) in [6, 6.07) is 14.5. The third kappa shape index (κ3) is 5.01. The third-order valence-electron chi connectivity index (χ3n) is 5.87. The topological polar surface area (TPSA) is 52.3 Å². The van der Waals surface area contributed by atoms with Gasteiger partial charge in [-0.15, -0.1) is 0 Å². The molecule has 0 aliphatic heterocycles. The average Bonchev–Trinajstić information content (AvgIpc) is 3.43. The molecule has 4 aromatic rings. The predicted molar refractivity (Wildman–Crippen MR) is 132 cm³/mol. The lowest BCUT2D eigenvalue weighted by Crippen LogP contribution is -2.30. The predicted octanol–water partition coefficient (Wildman–Crippen LogP) is 4.93. The Morgan fingerprint density at radius 1 is 1.09 bits per heavy atom. The van der Waals surface area contributed by atoms with E-state index in [-0.39, 0.29) is 5.91 Å². The molecule has 0 N–H and O–H groups in total. The third-order valence-corrected chi connectivity index (χ3v) is 5.87. The van der Waals surface area contributed by atoms with Gasteiger partial charge in [-0.05, 0) is 22.3 Å². The number of amides is 1. The Kier molecular flexibility index (Phi) is 6.94. The molecule has 6 heteroatoms. The van der Waals surface area contributed by atoms with E-state index in [4.69, 9.17) is 4.74 Å². The lowest BCUT2D eigenvalue weighted by atomic mass is 9.97. The van der Waals surface area contributed by atoms with Gasteiger partial charge in [0.15, 0.2) is 0 Å². The van der Waals surface area contributed by atoms with Gasteiger partial charge in [0.05, 0.1) is 30.7 Å². The van der Waals surface area contributed by atoms with Crippen molar-refractivity contribution in [3.05, 3.63) is 78.6 Å². The van der Waals surface area contributed by atoms with Crippen molar-refractivity contribution < 1.29 is 9.53 Å². The van der Waals surface area contributed by atoms with E-state index in [1.165, 1.54) is 0 Å². The molecule has 0 fully saturated rings. The zero-order valence-electron chi connectivity index (χ0n) is 19.9. The normalized spacial score (nSPS) is 11.4. The van der Waals surface area contributed by atoms with Gasteiger partial charge in [0.1, 0.15) is 0 Å². The number of carbonyl (C=O) groups is 1. The number of rotatable bonds is 9. The number of ether oxygens (including phenoxy) is 1. The first kappa shape index (κ1) is 22.8. The highest BCUT2D eigenvalue weighted by Crippen LogP contribution is 2.32. The van der Waals surface area contributed by atoms with Crippen LogP contribution in [0.1, 0.15) is 29.9 Å². The van der Waals surface area contributed by atoms with Crippen molar-refractivity contribution >= 4 is 16.7 Å². The fourth-order valence-electron chi connectivity index (χ4n) is 4.20. The maximum Gasteiger partial charge on any atom is 0.255 e. The van der Waals surface area contributed by atoms with Gasteiger partial charge in [-0.25, -0.2) is 4.98 Å². The van der Waals surface area contributed by atoms with Crippen LogP contribution in [0.25, 0.3) is 21.9 Å². The monoisotopic (exact) mass is 444 g/mol. The molecular weight excluding hydrogens is 412 g/mol. The van der Waals surface area contributed by atoms with E-state index in [0.717, 1.165) is 34.1 Å². The zero-order valence-corrected chi connectivity index (χ0v) is 19.9. The Morgan fingerprint density at radius 2 is 1.88 bits per heavy atom. The number of methoxy groups -OCH3 is 1.